The van der Waals surface area contributed by atoms with Crippen LogP contribution in [0.25, 0.3) is 0 Å². The Labute approximate surface area is 119 Å². The molecule has 1 heterocycles. The normalized spacial score (nSPS) is 19.2. The fraction of sp³-hybridized carbons (Fsp3) is 0.533. The number of rotatable bonds is 5. The number of halogens is 1. The number of nitrogens with two attached hydrogens (primary N) is 1. The predicted molar refractivity (Wildman–Crippen MR) is 76.6 cm³/mol. The minimum Gasteiger partial charge on any atom is -0.351 e. The lowest BCUT2D eigenvalue weighted by Crippen LogP contribution is -2.36. The molecule has 0 saturated carbocycles. The molecule has 1 aliphatic rings. The largest absolute Gasteiger partial charge is 0.351 e. The molecule has 1 aromatic carbocycles. The zero-order chi connectivity index (χ0) is 14.5. The highest BCUT2D eigenvalue weighted by molar-refractivity contribution is 5.78. The van der Waals surface area contributed by atoms with Gasteiger partial charge in [-0.25, -0.2) is 4.39 Å². The summed E-state index contributed by atoms with van der Waals surface area (Å²) in [5.74, 6) is 0.250. The van der Waals surface area contributed by atoms with Gasteiger partial charge in [-0.1, -0.05) is 12.1 Å². The Balaban J connectivity index is 1.76. The third-order valence-corrected chi connectivity index (χ3v) is 3.80. The maximum Gasteiger partial charge on any atom is 0.234 e. The van der Waals surface area contributed by atoms with Gasteiger partial charge in [0.15, 0.2) is 0 Å². The number of likely N-dealkylation sites (tertiary alicyclic amines) is 1. The number of hydrogen-bond donors (Lipinski definition) is 2. The molecule has 110 valence electrons. The second-order valence-corrected chi connectivity index (χ2v) is 5.49. The second-order valence-electron chi connectivity index (χ2n) is 5.49. The molecule has 2 rings (SSSR count). The Hall–Kier alpha value is -1.46. The fourth-order valence-electron chi connectivity index (χ4n) is 2.45. The number of benzene rings is 1. The summed E-state index contributed by atoms with van der Waals surface area (Å²) in [6, 6.07) is 5.03. The van der Waals surface area contributed by atoms with E-state index in [0.717, 1.165) is 25.1 Å². The van der Waals surface area contributed by atoms with E-state index in [0.29, 0.717) is 31.1 Å². The lowest BCUT2D eigenvalue weighted by atomic mass is 10.1. The van der Waals surface area contributed by atoms with E-state index in [1.54, 1.807) is 13.0 Å². The van der Waals surface area contributed by atoms with Crippen molar-refractivity contribution < 1.29 is 9.18 Å². The molecular weight excluding hydrogens is 257 g/mol. The molecule has 3 N–H and O–H groups in total. The van der Waals surface area contributed by atoms with E-state index in [1.807, 2.05) is 6.07 Å². The van der Waals surface area contributed by atoms with Crippen molar-refractivity contribution in [3.63, 3.8) is 0 Å². The van der Waals surface area contributed by atoms with E-state index in [4.69, 9.17) is 5.73 Å². The van der Waals surface area contributed by atoms with Gasteiger partial charge in [-0.15, -0.1) is 0 Å². The molecule has 1 saturated heterocycles. The smallest absolute Gasteiger partial charge is 0.234 e. The average Bonchev–Trinajstić information content (AvgIpc) is 2.88. The summed E-state index contributed by atoms with van der Waals surface area (Å²) >= 11 is 0. The number of hydrogen-bond acceptors (Lipinski definition) is 3. The summed E-state index contributed by atoms with van der Waals surface area (Å²) in [7, 11) is 0. The molecule has 1 aliphatic heterocycles. The standard InChI is InChI=1S/C15H22FN3O/c1-11-2-3-12(6-14(11)16)8-18-15(20)10-19-5-4-13(7-17)9-19/h2-3,6,13H,4-5,7-10,17H2,1H3,(H,18,20). The molecule has 1 aromatic rings. The van der Waals surface area contributed by atoms with Crippen molar-refractivity contribution in [1.82, 2.24) is 10.2 Å². The molecule has 1 unspecified atom stereocenters. The van der Waals surface area contributed by atoms with E-state index in [9.17, 15) is 9.18 Å². The monoisotopic (exact) mass is 279 g/mol. The molecule has 4 nitrogen and oxygen atoms in total. The van der Waals surface area contributed by atoms with Crippen LogP contribution in [0.3, 0.4) is 0 Å². The van der Waals surface area contributed by atoms with Crippen LogP contribution in [0, 0.1) is 18.7 Å². The van der Waals surface area contributed by atoms with Gasteiger partial charge in [-0.05, 0) is 49.5 Å². The van der Waals surface area contributed by atoms with Crippen LogP contribution >= 0.6 is 0 Å². The fourth-order valence-corrected chi connectivity index (χ4v) is 2.45. The van der Waals surface area contributed by atoms with Crippen LogP contribution in [0.4, 0.5) is 4.39 Å². The van der Waals surface area contributed by atoms with Gasteiger partial charge in [0.05, 0.1) is 6.54 Å². The van der Waals surface area contributed by atoms with Crippen molar-refractivity contribution >= 4 is 5.91 Å². The predicted octanol–water partition coefficient (Wildman–Crippen LogP) is 1.03. The minimum atomic E-state index is -0.234. The van der Waals surface area contributed by atoms with Gasteiger partial charge in [-0.2, -0.15) is 0 Å². The first kappa shape index (κ1) is 14.9. The third-order valence-electron chi connectivity index (χ3n) is 3.80. The number of amides is 1. The molecule has 0 spiro atoms. The Bertz CT molecular complexity index is 478. The van der Waals surface area contributed by atoms with Crippen LogP contribution < -0.4 is 11.1 Å². The zero-order valence-corrected chi connectivity index (χ0v) is 11.9. The SMILES string of the molecule is Cc1ccc(CNC(=O)CN2CCC(CN)C2)cc1F. The van der Waals surface area contributed by atoms with Crippen LogP contribution in [-0.4, -0.2) is 37.0 Å². The highest BCUT2D eigenvalue weighted by Gasteiger charge is 2.22. The Morgan fingerprint density at radius 2 is 2.35 bits per heavy atom. The molecular formula is C15H22FN3O. The van der Waals surface area contributed by atoms with Gasteiger partial charge in [-0.3, -0.25) is 9.69 Å². The molecule has 0 aliphatic carbocycles. The van der Waals surface area contributed by atoms with Gasteiger partial charge in [0.1, 0.15) is 5.82 Å². The first-order valence-electron chi connectivity index (χ1n) is 7.02. The van der Waals surface area contributed by atoms with Gasteiger partial charge < -0.3 is 11.1 Å². The highest BCUT2D eigenvalue weighted by atomic mass is 19.1. The second kappa shape index (κ2) is 6.81. The maximum atomic E-state index is 13.4. The molecule has 5 heteroatoms. The molecule has 0 bridgehead atoms. The van der Waals surface area contributed by atoms with Crippen molar-refractivity contribution in [3.05, 3.63) is 35.1 Å². The molecule has 0 radical (unpaired) electrons. The van der Waals surface area contributed by atoms with E-state index >= 15 is 0 Å². The number of nitrogens with zero attached hydrogens (tertiary/aromatic N) is 1. The quantitative estimate of drug-likeness (QED) is 0.846. The average molecular weight is 279 g/mol. The summed E-state index contributed by atoms with van der Waals surface area (Å²) in [6.45, 7) is 4.98. The number of carbonyl (C=O) groups excluding carboxylic acids is 1. The van der Waals surface area contributed by atoms with Gasteiger partial charge in [0.25, 0.3) is 0 Å². The summed E-state index contributed by atoms with van der Waals surface area (Å²) in [5, 5.41) is 2.83. The molecule has 1 amide bonds. The van der Waals surface area contributed by atoms with Gasteiger partial charge >= 0.3 is 0 Å². The van der Waals surface area contributed by atoms with Gasteiger partial charge in [0.2, 0.25) is 5.91 Å². The van der Waals surface area contributed by atoms with Crippen molar-refractivity contribution in [2.24, 2.45) is 11.7 Å². The summed E-state index contributed by atoms with van der Waals surface area (Å²) in [6.07, 6.45) is 1.06. The molecule has 1 atom stereocenters. The van der Waals surface area contributed by atoms with Crippen molar-refractivity contribution in [2.75, 3.05) is 26.2 Å². The first-order chi connectivity index (χ1) is 9.58. The lowest BCUT2D eigenvalue weighted by molar-refractivity contribution is -0.122. The number of aryl methyl sites for hydroxylation is 1. The van der Waals surface area contributed by atoms with Crippen LogP contribution in [0.1, 0.15) is 17.5 Å². The lowest BCUT2D eigenvalue weighted by Gasteiger charge is -2.15. The maximum absolute atomic E-state index is 13.4. The van der Waals surface area contributed by atoms with Crippen molar-refractivity contribution in [1.29, 1.82) is 0 Å². The zero-order valence-electron chi connectivity index (χ0n) is 11.9. The van der Waals surface area contributed by atoms with Crippen LogP contribution in [-0.2, 0) is 11.3 Å². The first-order valence-corrected chi connectivity index (χ1v) is 7.02. The van der Waals surface area contributed by atoms with E-state index in [-0.39, 0.29) is 11.7 Å². The number of carbonyl (C=O) groups is 1. The molecule has 20 heavy (non-hydrogen) atoms. The summed E-state index contributed by atoms with van der Waals surface area (Å²) in [4.78, 5) is 14.0. The molecule has 1 fully saturated rings. The Morgan fingerprint density at radius 1 is 1.55 bits per heavy atom. The highest BCUT2D eigenvalue weighted by Crippen LogP contribution is 2.14. The van der Waals surface area contributed by atoms with Crippen molar-refractivity contribution in [3.8, 4) is 0 Å². The van der Waals surface area contributed by atoms with Crippen LogP contribution in [0.2, 0.25) is 0 Å². The van der Waals surface area contributed by atoms with E-state index in [2.05, 4.69) is 10.2 Å². The summed E-state index contributed by atoms with van der Waals surface area (Å²) in [5.41, 5.74) is 7.02. The van der Waals surface area contributed by atoms with E-state index < -0.39 is 0 Å². The minimum absolute atomic E-state index is 0.0244. The third kappa shape index (κ3) is 4.02. The number of nitrogens with one attached hydrogen (secondary N) is 1. The van der Waals surface area contributed by atoms with Crippen LogP contribution in [0.5, 0.6) is 0 Å². The van der Waals surface area contributed by atoms with Crippen molar-refractivity contribution in [2.45, 2.75) is 19.9 Å². The van der Waals surface area contributed by atoms with Crippen LogP contribution in [0.15, 0.2) is 18.2 Å². The topological polar surface area (TPSA) is 58.4 Å². The van der Waals surface area contributed by atoms with Gasteiger partial charge in [0, 0.05) is 13.1 Å². The Kier molecular flexibility index (Phi) is 5.09. The summed E-state index contributed by atoms with van der Waals surface area (Å²) < 4.78 is 13.4. The molecule has 0 aromatic heterocycles. The Morgan fingerprint density at radius 3 is 3.00 bits per heavy atom. The van der Waals surface area contributed by atoms with E-state index in [1.165, 1.54) is 6.07 Å².